The standard InChI is InChI=1S/C12H19ClFN3O/c1-8(14)11(17-12(13)15-2)16-7-9-5-3-4-6-10(9)18/h9-10,16,18H,2-7H2,1H3/b11-8+,17-12-. The predicted molar refractivity (Wildman–Crippen MR) is 72.6 cm³/mol. The Bertz CT molecular complexity index is 353. The van der Waals surface area contributed by atoms with E-state index in [1.807, 2.05) is 0 Å². The minimum atomic E-state index is -0.470. The topological polar surface area (TPSA) is 57.0 Å². The van der Waals surface area contributed by atoms with Gasteiger partial charge in [-0.1, -0.05) is 12.8 Å². The SMILES string of the molecule is C=N/C(Cl)=N\C(NCC1CCCCC1O)=C(/C)F. The van der Waals surface area contributed by atoms with E-state index in [1.165, 1.54) is 6.92 Å². The quantitative estimate of drug-likeness (QED) is 0.471. The molecule has 1 saturated carbocycles. The minimum absolute atomic E-state index is 0.0465. The Balaban J connectivity index is 2.58. The summed E-state index contributed by atoms with van der Waals surface area (Å²) in [4.78, 5) is 7.16. The molecular formula is C12H19ClFN3O. The Hall–Kier alpha value is -0.940. The average Bonchev–Trinajstić information content (AvgIpc) is 2.35. The van der Waals surface area contributed by atoms with Gasteiger partial charge in [-0.3, -0.25) is 0 Å². The van der Waals surface area contributed by atoms with Gasteiger partial charge < -0.3 is 10.4 Å². The molecule has 0 aromatic heterocycles. The molecule has 0 aliphatic heterocycles. The van der Waals surface area contributed by atoms with Gasteiger partial charge >= 0.3 is 0 Å². The van der Waals surface area contributed by atoms with Crippen LogP contribution in [-0.2, 0) is 0 Å². The van der Waals surface area contributed by atoms with E-state index in [1.54, 1.807) is 0 Å². The highest BCUT2D eigenvalue weighted by molar-refractivity contribution is 6.65. The van der Waals surface area contributed by atoms with Crippen LogP contribution >= 0.6 is 11.6 Å². The summed E-state index contributed by atoms with van der Waals surface area (Å²) in [6, 6.07) is 0. The van der Waals surface area contributed by atoms with Gasteiger partial charge in [0.25, 0.3) is 0 Å². The molecule has 1 rings (SSSR count). The van der Waals surface area contributed by atoms with Crippen molar-refractivity contribution in [3.63, 3.8) is 0 Å². The molecular weight excluding hydrogens is 257 g/mol. The van der Waals surface area contributed by atoms with Crippen LogP contribution in [0.4, 0.5) is 4.39 Å². The molecule has 0 aromatic rings. The van der Waals surface area contributed by atoms with E-state index in [2.05, 4.69) is 22.0 Å². The van der Waals surface area contributed by atoms with E-state index >= 15 is 0 Å². The van der Waals surface area contributed by atoms with Crippen LogP contribution in [0.15, 0.2) is 21.6 Å². The second kappa shape index (κ2) is 7.48. The Morgan fingerprint density at radius 3 is 2.72 bits per heavy atom. The predicted octanol–water partition coefficient (Wildman–Crippen LogP) is 2.58. The highest BCUT2D eigenvalue weighted by Gasteiger charge is 2.23. The highest BCUT2D eigenvalue weighted by atomic mass is 35.5. The van der Waals surface area contributed by atoms with Crippen molar-refractivity contribution in [2.75, 3.05) is 6.54 Å². The van der Waals surface area contributed by atoms with Gasteiger partial charge in [-0.15, -0.1) is 0 Å². The van der Waals surface area contributed by atoms with Crippen molar-refractivity contribution in [3.8, 4) is 0 Å². The molecule has 1 aliphatic rings. The summed E-state index contributed by atoms with van der Waals surface area (Å²) in [5.41, 5.74) is 0. The third-order valence-corrected chi connectivity index (χ3v) is 3.27. The number of hydrogen-bond acceptors (Lipinski definition) is 3. The molecule has 18 heavy (non-hydrogen) atoms. The average molecular weight is 276 g/mol. The summed E-state index contributed by atoms with van der Waals surface area (Å²) >= 11 is 5.58. The molecule has 0 radical (unpaired) electrons. The molecule has 1 fully saturated rings. The van der Waals surface area contributed by atoms with Gasteiger partial charge in [0.05, 0.1) is 6.10 Å². The summed E-state index contributed by atoms with van der Waals surface area (Å²) < 4.78 is 13.2. The van der Waals surface area contributed by atoms with Crippen molar-refractivity contribution in [1.82, 2.24) is 5.32 Å². The molecule has 0 amide bonds. The molecule has 6 heteroatoms. The maximum absolute atomic E-state index is 13.2. The number of nitrogens with zero attached hydrogens (tertiary/aromatic N) is 2. The van der Waals surface area contributed by atoms with Crippen molar-refractivity contribution in [1.29, 1.82) is 0 Å². The normalized spacial score (nSPS) is 26.6. The van der Waals surface area contributed by atoms with Crippen LogP contribution in [0.25, 0.3) is 0 Å². The molecule has 4 nitrogen and oxygen atoms in total. The van der Waals surface area contributed by atoms with Gasteiger partial charge in [-0.25, -0.2) is 9.38 Å². The van der Waals surface area contributed by atoms with Gasteiger partial charge in [-0.05, 0) is 38.1 Å². The van der Waals surface area contributed by atoms with Crippen molar-refractivity contribution in [2.45, 2.75) is 38.7 Å². The molecule has 2 atom stereocenters. The van der Waals surface area contributed by atoms with Crippen molar-refractivity contribution >= 4 is 23.6 Å². The van der Waals surface area contributed by atoms with E-state index in [9.17, 15) is 9.50 Å². The van der Waals surface area contributed by atoms with Crippen LogP contribution in [0.1, 0.15) is 32.6 Å². The largest absolute Gasteiger partial charge is 0.393 e. The van der Waals surface area contributed by atoms with E-state index in [-0.39, 0.29) is 23.1 Å². The number of halogens is 2. The van der Waals surface area contributed by atoms with Crippen LogP contribution in [0.5, 0.6) is 0 Å². The second-order valence-electron chi connectivity index (χ2n) is 4.41. The lowest BCUT2D eigenvalue weighted by molar-refractivity contribution is 0.0708. The van der Waals surface area contributed by atoms with Gasteiger partial charge in [-0.2, -0.15) is 4.99 Å². The fraction of sp³-hybridized carbons (Fsp3) is 0.667. The zero-order valence-corrected chi connectivity index (χ0v) is 11.3. The number of aliphatic hydroxyl groups excluding tert-OH is 1. The summed E-state index contributed by atoms with van der Waals surface area (Å²) in [7, 11) is 0. The van der Waals surface area contributed by atoms with Crippen molar-refractivity contribution in [2.24, 2.45) is 15.9 Å². The molecule has 0 saturated heterocycles. The van der Waals surface area contributed by atoms with Crippen LogP contribution in [0.2, 0.25) is 0 Å². The number of amidine groups is 1. The number of hydrogen-bond donors (Lipinski definition) is 2. The fourth-order valence-corrected chi connectivity index (χ4v) is 2.10. The Kier molecular flexibility index (Phi) is 6.29. The van der Waals surface area contributed by atoms with E-state index < -0.39 is 5.83 Å². The summed E-state index contributed by atoms with van der Waals surface area (Å²) in [6.07, 6.45) is 3.55. The number of nitrogens with one attached hydrogen (secondary N) is 1. The Morgan fingerprint density at radius 2 is 2.17 bits per heavy atom. The molecule has 1 aliphatic carbocycles. The third-order valence-electron chi connectivity index (χ3n) is 3.06. The zero-order valence-electron chi connectivity index (χ0n) is 10.5. The molecule has 2 N–H and O–H groups in total. The lowest BCUT2D eigenvalue weighted by atomic mass is 9.86. The van der Waals surface area contributed by atoms with Crippen molar-refractivity contribution in [3.05, 3.63) is 11.6 Å². The summed E-state index contributed by atoms with van der Waals surface area (Å²) in [5.74, 6) is -0.300. The molecule has 102 valence electrons. The second-order valence-corrected chi connectivity index (χ2v) is 4.75. The van der Waals surface area contributed by atoms with E-state index in [0.29, 0.717) is 6.54 Å². The van der Waals surface area contributed by atoms with Gasteiger partial charge in [0.2, 0.25) is 5.29 Å². The first kappa shape index (κ1) is 15.1. The summed E-state index contributed by atoms with van der Waals surface area (Å²) in [5, 5.41) is 12.6. The molecule has 2 unspecified atom stereocenters. The molecule has 0 spiro atoms. The third kappa shape index (κ3) is 4.74. The molecule has 0 bridgehead atoms. The monoisotopic (exact) mass is 275 g/mol. The van der Waals surface area contributed by atoms with Gasteiger partial charge in [0, 0.05) is 12.5 Å². The smallest absolute Gasteiger partial charge is 0.223 e. The van der Waals surface area contributed by atoms with E-state index in [0.717, 1.165) is 25.7 Å². The van der Waals surface area contributed by atoms with Crippen molar-refractivity contribution < 1.29 is 9.50 Å². The zero-order chi connectivity index (χ0) is 13.5. The molecule has 0 aromatic carbocycles. The Morgan fingerprint density at radius 1 is 1.50 bits per heavy atom. The lowest BCUT2D eigenvalue weighted by Gasteiger charge is -2.27. The fourth-order valence-electron chi connectivity index (χ4n) is 2.02. The molecule has 0 heterocycles. The van der Waals surface area contributed by atoms with Crippen LogP contribution in [-0.4, -0.2) is 29.8 Å². The maximum Gasteiger partial charge on any atom is 0.223 e. The van der Waals surface area contributed by atoms with Crippen LogP contribution in [0, 0.1) is 5.92 Å². The Labute approximate surface area is 112 Å². The first-order valence-electron chi connectivity index (χ1n) is 6.03. The lowest BCUT2D eigenvalue weighted by Crippen LogP contribution is -2.33. The number of allylic oxidation sites excluding steroid dienone is 1. The van der Waals surface area contributed by atoms with Crippen LogP contribution < -0.4 is 5.32 Å². The first-order chi connectivity index (χ1) is 8.54. The van der Waals surface area contributed by atoms with Gasteiger partial charge in [0.1, 0.15) is 5.83 Å². The summed E-state index contributed by atoms with van der Waals surface area (Å²) in [6.45, 7) is 4.97. The maximum atomic E-state index is 13.2. The highest BCUT2D eigenvalue weighted by Crippen LogP contribution is 2.24. The van der Waals surface area contributed by atoms with Crippen LogP contribution in [0.3, 0.4) is 0 Å². The van der Waals surface area contributed by atoms with E-state index in [4.69, 9.17) is 11.6 Å². The number of rotatable bonds is 4. The van der Waals surface area contributed by atoms with Gasteiger partial charge in [0.15, 0.2) is 5.82 Å². The minimum Gasteiger partial charge on any atom is -0.393 e. The number of aliphatic hydroxyl groups is 1. The number of aliphatic imine (C=N–C) groups is 2. The first-order valence-corrected chi connectivity index (χ1v) is 6.41.